The van der Waals surface area contributed by atoms with Crippen molar-refractivity contribution in [2.24, 2.45) is 5.92 Å². The van der Waals surface area contributed by atoms with Crippen LogP contribution < -0.4 is 9.46 Å². The van der Waals surface area contributed by atoms with Gasteiger partial charge in [0.05, 0.1) is 22.6 Å². The molecule has 0 aliphatic heterocycles. The lowest BCUT2D eigenvalue weighted by molar-refractivity contribution is 0.0437. The molecule has 2 N–H and O–H groups in total. The number of benzene rings is 1. The van der Waals surface area contributed by atoms with Gasteiger partial charge in [-0.1, -0.05) is 25.4 Å². The van der Waals surface area contributed by atoms with Crippen LogP contribution in [0, 0.1) is 5.92 Å². The SMILES string of the molecule is COc1ccc(S(=O)(=O)NCC(C)(O)CC(C)C)cc1Cl. The summed E-state index contributed by atoms with van der Waals surface area (Å²) >= 11 is 5.93. The van der Waals surface area contributed by atoms with Crippen molar-refractivity contribution in [2.75, 3.05) is 13.7 Å². The number of methoxy groups -OCH3 is 1. The van der Waals surface area contributed by atoms with Gasteiger partial charge in [0.15, 0.2) is 0 Å². The fourth-order valence-corrected chi connectivity index (χ4v) is 3.61. The first-order valence-corrected chi connectivity index (χ1v) is 8.49. The molecule has 0 radical (unpaired) electrons. The fourth-order valence-electron chi connectivity index (χ4n) is 2.10. The molecule has 0 spiro atoms. The number of sulfonamides is 1. The van der Waals surface area contributed by atoms with Gasteiger partial charge in [-0.25, -0.2) is 13.1 Å². The van der Waals surface area contributed by atoms with Crippen molar-refractivity contribution in [3.8, 4) is 5.75 Å². The average molecular weight is 336 g/mol. The zero-order valence-corrected chi connectivity index (χ0v) is 14.3. The van der Waals surface area contributed by atoms with Crippen molar-refractivity contribution < 1.29 is 18.3 Å². The van der Waals surface area contributed by atoms with E-state index in [1.165, 1.54) is 25.3 Å². The maximum absolute atomic E-state index is 12.2. The first kappa shape index (κ1) is 18.2. The number of hydrogen-bond donors (Lipinski definition) is 2. The van der Waals surface area contributed by atoms with E-state index in [4.69, 9.17) is 16.3 Å². The van der Waals surface area contributed by atoms with Crippen molar-refractivity contribution in [3.63, 3.8) is 0 Å². The highest BCUT2D eigenvalue weighted by molar-refractivity contribution is 7.89. The van der Waals surface area contributed by atoms with Gasteiger partial charge in [0, 0.05) is 6.54 Å². The van der Waals surface area contributed by atoms with E-state index < -0.39 is 15.6 Å². The molecule has 0 aromatic heterocycles. The highest BCUT2D eigenvalue weighted by Crippen LogP contribution is 2.27. The van der Waals surface area contributed by atoms with Gasteiger partial charge in [-0.05, 0) is 37.5 Å². The van der Waals surface area contributed by atoms with Crippen LogP contribution in [0.5, 0.6) is 5.75 Å². The van der Waals surface area contributed by atoms with Crippen molar-refractivity contribution in [3.05, 3.63) is 23.2 Å². The molecule has 1 rings (SSSR count). The smallest absolute Gasteiger partial charge is 0.240 e. The summed E-state index contributed by atoms with van der Waals surface area (Å²) in [7, 11) is -2.27. The van der Waals surface area contributed by atoms with E-state index in [-0.39, 0.29) is 22.4 Å². The zero-order chi connectivity index (χ0) is 16.3. The second-order valence-corrected chi connectivity index (χ2v) is 7.89. The number of aliphatic hydroxyl groups is 1. The fraction of sp³-hybridized carbons (Fsp3) is 0.571. The van der Waals surface area contributed by atoms with Crippen LogP contribution in [-0.4, -0.2) is 32.8 Å². The van der Waals surface area contributed by atoms with Crippen LogP contribution in [0.3, 0.4) is 0 Å². The largest absolute Gasteiger partial charge is 0.495 e. The Morgan fingerprint density at radius 1 is 1.43 bits per heavy atom. The van der Waals surface area contributed by atoms with Crippen LogP contribution in [0.1, 0.15) is 27.2 Å². The lowest BCUT2D eigenvalue weighted by Crippen LogP contribution is -2.41. The predicted octanol–water partition coefficient (Wildman–Crippen LogP) is 2.42. The minimum Gasteiger partial charge on any atom is -0.495 e. The van der Waals surface area contributed by atoms with Gasteiger partial charge in [0.1, 0.15) is 5.75 Å². The second kappa shape index (κ2) is 6.96. The Morgan fingerprint density at radius 3 is 2.52 bits per heavy atom. The zero-order valence-electron chi connectivity index (χ0n) is 12.7. The summed E-state index contributed by atoms with van der Waals surface area (Å²) in [5.74, 6) is 0.669. The molecular formula is C14H22ClNO4S. The van der Waals surface area contributed by atoms with Gasteiger partial charge < -0.3 is 9.84 Å². The molecule has 120 valence electrons. The number of ether oxygens (including phenoxy) is 1. The van der Waals surface area contributed by atoms with E-state index in [0.29, 0.717) is 12.2 Å². The van der Waals surface area contributed by atoms with Crippen LogP contribution in [0.2, 0.25) is 5.02 Å². The Morgan fingerprint density at radius 2 is 2.05 bits per heavy atom. The number of rotatable bonds is 7. The molecule has 1 unspecified atom stereocenters. The Hall–Kier alpha value is -0.820. The normalized spacial score (nSPS) is 15.0. The molecule has 5 nitrogen and oxygen atoms in total. The topological polar surface area (TPSA) is 75.6 Å². The van der Waals surface area contributed by atoms with E-state index in [9.17, 15) is 13.5 Å². The third-order valence-corrected chi connectivity index (χ3v) is 4.62. The highest BCUT2D eigenvalue weighted by Gasteiger charge is 2.25. The summed E-state index contributed by atoms with van der Waals surface area (Å²) < 4.78 is 31.8. The van der Waals surface area contributed by atoms with Gasteiger partial charge in [-0.15, -0.1) is 0 Å². The first-order chi connectivity index (χ1) is 9.57. The van der Waals surface area contributed by atoms with Crippen LogP contribution in [-0.2, 0) is 10.0 Å². The van der Waals surface area contributed by atoms with Crippen LogP contribution in [0.25, 0.3) is 0 Å². The number of halogens is 1. The molecule has 0 amide bonds. The lowest BCUT2D eigenvalue weighted by atomic mass is 9.95. The molecule has 21 heavy (non-hydrogen) atoms. The molecule has 0 fully saturated rings. The minimum atomic E-state index is -3.73. The van der Waals surface area contributed by atoms with Crippen LogP contribution in [0.15, 0.2) is 23.1 Å². The molecule has 1 atom stereocenters. The lowest BCUT2D eigenvalue weighted by Gasteiger charge is -2.25. The molecule has 1 aromatic rings. The molecule has 0 saturated heterocycles. The minimum absolute atomic E-state index is 0.0358. The van der Waals surface area contributed by atoms with E-state index >= 15 is 0 Å². The summed E-state index contributed by atoms with van der Waals surface area (Å²) in [5.41, 5.74) is -1.10. The number of nitrogens with one attached hydrogen (secondary N) is 1. The first-order valence-electron chi connectivity index (χ1n) is 6.63. The summed E-state index contributed by atoms with van der Waals surface area (Å²) in [6.45, 7) is 5.48. The number of hydrogen-bond acceptors (Lipinski definition) is 4. The van der Waals surface area contributed by atoms with Crippen LogP contribution in [0.4, 0.5) is 0 Å². The second-order valence-electron chi connectivity index (χ2n) is 5.72. The Bertz CT molecular complexity index is 585. The summed E-state index contributed by atoms with van der Waals surface area (Å²) in [6.07, 6.45) is 0.499. The summed E-state index contributed by atoms with van der Waals surface area (Å²) in [6, 6.07) is 4.22. The van der Waals surface area contributed by atoms with Gasteiger partial charge in [0.25, 0.3) is 0 Å². The monoisotopic (exact) mass is 335 g/mol. The molecule has 0 aliphatic rings. The van der Waals surface area contributed by atoms with Crippen molar-refractivity contribution in [1.82, 2.24) is 4.72 Å². The van der Waals surface area contributed by atoms with Crippen molar-refractivity contribution in [2.45, 2.75) is 37.7 Å². The van der Waals surface area contributed by atoms with Crippen molar-refractivity contribution >= 4 is 21.6 Å². The Balaban J connectivity index is 2.85. The van der Waals surface area contributed by atoms with Gasteiger partial charge in [0.2, 0.25) is 10.0 Å². The predicted molar refractivity (Wildman–Crippen MR) is 83.3 cm³/mol. The molecule has 0 heterocycles. The quantitative estimate of drug-likeness (QED) is 0.802. The Kier molecular flexibility index (Phi) is 6.04. The standard InChI is InChI=1S/C14H22ClNO4S/c1-10(2)8-14(3,17)9-16-21(18,19)11-5-6-13(20-4)12(15)7-11/h5-7,10,16-17H,8-9H2,1-4H3. The third kappa shape index (κ3) is 5.47. The maximum atomic E-state index is 12.2. The Labute approximate surface area is 131 Å². The van der Waals surface area contributed by atoms with E-state index in [0.717, 1.165) is 0 Å². The maximum Gasteiger partial charge on any atom is 0.240 e. The van der Waals surface area contributed by atoms with E-state index in [1.807, 2.05) is 13.8 Å². The third-order valence-electron chi connectivity index (χ3n) is 2.92. The summed E-state index contributed by atoms with van der Waals surface area (Å²) in [5, 5.41) is 10.4. The van der Waals surface area contributed by atoms with Gasteiger partial charge in [-0.2, -0.15) is 0 Å². The molecule has 0 bridgehead atoms. The average Bonchev–Trinajstić information content (AvgIpc) is 2.35. The van der Waals surface area contributed by atoms with E-state index in [2.05, 4.69) is 4.72 Å². The van der Waals surface area contributed by atoms with Crippen LogP contribution >= 0.6 is 11.6 Å². The molecule has 1 aromatic carbocycles. The van der Waals surface area contributed by atoms with E-state index in [1.54, 1.807) is 6.92 Å². The summed E-state index contributed by atoms with van der Waals surface area (Å²) in [4.78, 5) is 0.0358. The molecule has 0 aliphatic carbocycles. The highest BCUT2D eigenvalue weighted by atomic mass is 35.5. The van der Waals surface area contributed by atoms with Gasteiger partial charge >= 0.3 is 0 Å². The molecule has 0 saturated carbocycles. The van der Waals surface area contributed by atoms with Gasteiger partial charge in [-0.3, -0.25) is 0 Å². The molecule has 7 heteroatoms. The van der Waals surface area contributed by atoms with Crippen molar-refractivity contribution in [1.29, 1.82) is 0 Å². The molecular weight excluding hydrogens is 314 g/mol.